The number of pyridine rings is 2. The van der Waals surface area contributed by atoms with Gasteiger partial charge in [0.05, 0.1) is 10.8 Å². The first-order valence-corrected chi connectivity index (χ1v) is 6.31. The van der Waals surface area contributed by atoms with Gasteiger partial charge in [0.15, 0.2) is 0 Å². The highest BCUT2D eigenvalue weighted by Gasteiger charge is 2.11. The third kappa shape index (κ3) is 1.36. The van der Waals surface area contributed by atoms with Crippen molar-refractivity contribution in [2.75, 3.05) is 0 Å². The van der Waals surface area contributed by atoms with Crippen LogP contribution in [0.25, 0.3) is 32.6 Å². The summed E-state index contributed by atoms with van der Waals surface area (Å²) in [6.45, 7) is 0. The number of aromatic nitrogens is 2. The maximum atomic E-state index is 12.4. The minimum Gasteiger partial charge on any atom is -0.321 e. The molecular formula is C16H10N2O2. The zero-order valence-electron chi connectivity index (χ0n) is 10.4. The molecule has 0 fully saturated rings. The van der Waals surface area contributed by atoms with Gasteiger partial charge in [-0.2, -0.15) is 0 Å². The molecule has 96 valence electrons. The van der Waals surface area contributed by atoms with Crippen LogP contribution in [0.3, 0.4) is 0 Å². The van der Waals surface area contributed by atoms with Crippen LogP contribution >= 0.6 is 0 Å². The first-order valence-electron chi connectivity index (χ1n) is 6.31. The van der Waals surface area contributed by atoms with E-state index in [9.17, 15) is 9.59 Å². The average molecular weight is 262 g/mol. The first-order chi connectivity index (χ1) is 9.75. The summed E-state index contributed by atoms with van der Waals surface area (Å²) in [5.41, 5.74) is 0.874. The van der Waals surface area contributed by atoms with E-state index in [2.05, 4.69) is 9.97 Å². The van der Waals surface area contributed by atoms with Gasteiger partial charge in [-0.05, 0) is 12.1 Å². The van der Waals surface area contributed by atoms with Crippen LogP contribution in [0, 0.1) is 0 Å². The van der Waals surface area contributed by atoms with Crippen LogP contribution in [0.2, 0.25) is 0 Å². The molecule has 0 spiro atoms. The number of benzene rings is 2. The molecule has 4 heteroatoms. The molecule has 4 aromatic rings. The predicted molar refractivity (Wildman–Crippen MR) is 80.2 cm³/mol. The number of nitrogens with one attached hydrogen (secondary N) is 2. The summed E-state index contributed by atoms with van der Waals surface area (Å²) in [7, 11) is 0. The van der Waals surface area contributed by atoms with Crippen LogP contribution in [0.1, 0.15) is 0 Å². The second-order valence-electron chi connectivity index (χ2n) is 4.75. The standard InChI is InChI=1S/C16H10N2O2/c19-15-13-9-5-1-3-7-11(9)17-16(20)14(13)10-6-2-4-8-12(10)18-15/h1-8H,(H,17,20)(H,18,19). The molecular weight excluding hydrogens is 252 g/mol. The van der Waals surface area contributed by atoms with E-state index in [4.69, 9.17) is 0 Å². The zero-order chi connectivity index (χ0) is 13.7. The Kier molecular flexibility index (Phi) is 2.09. The molecule has 0 amide bonds. The monoisotopic (exact) mass is 262 g/mol. The van der Waals surface area contributed by atoms with Gasteiger partial charge in [0.25, 0.3) is 11.1 Å². The van der Waals surface area contributed by atoms with Crippen molar-refractivity contribution in [3.05, 3.63) is 69.2 Å². The van der Waals surface area contributed by atoms with E-state index in [1.165, 1.54) is 0 Å². The molecule has 0 saturated carbocycles. The van der Waals surface area contributed by atoms with Gasteiger partial charge >= 0.3 is 0 Å². The van der Waals surface area contributed by atoms with Crippen molar-refractivity contribution in [3.63, 3.8) is 0 Å². The molecule has 2 N–H and O–H groups in total. The smallest absolute Gasteiger partial charge is 0.257 e. The van der Waals surface area contributed by atoms with Crippen LogP contribution in [0.5, 0.6) is 0 Å². The highest BCUT2D eigenvalue weighted by atomic mass is 16.1. The quantitative estimate of drug-likeness (QED) is 0.478. The van der Waals surface area contributed by atoms with Gasteiger partial charge in [-0.15, -0.1) is 0 Å². The lowest BCUT2D eigenvalue weighted by Crippen LogP contribution is -2.15. The largest absolute Gasteiger partial charge is 0.321 e. The fourth-order valence-electron chi connectivity index (χ4n) is 2.73. The van der Waals surface area contributed by atoms with Crippen molar-refractivity contribution >= 4 is 32.6 Å². The van der Waals surface area contributed by atoms with Crippen molar-refractivity contribution in [1.82, 2.24) is 9.97 Å². The lowest BCUT2D eigenvalue weighted by molar-refractivity contribution is 1.31. The summed E-state index contributed by atoms with van der Waals surface area (Å²) in [5, 5.41) is 2.41. The molecule has 0 bridgehead atoms. The van der Waals surface area contributed by atoms with Gasteiger partial charge in [-0.25, -0.2) is 0 Å². The number of fused-ring (bicyclic) bond motifs is 5. The van der Waals surface area contributed by atoms with Crippen molar-refractivity contribution in [1.29, 1.82) is 0 Å². The van der Waals surface area contributed by atoms with Crippen molar-refractivity contribution < 1.29 is 0 Å². The van der Waals surface area contributed by atoms with E-state index in [1.54, 1.807) is 12.1 Å². The van der Waals surface area contributed by atoms with E-state index in [0.717, 1.165) is 10.8 Å². The maximum absolute atomic E-state index is 12.4. The lowest BCUT2D eigenvalue weighted by Gasteiger charge is -2.06. The zero-order valence-corrected chi connectivity index (χ0v) is 10.4. The van der Waals surface area contributed by atoms with Crippen LogP contribution in [0.4, 0.5) is 0 Å². The highest BCUT2D eigenvalue weighted by molar-refractivity contribution is 6.14. The molecule has 0 aliphatic heterocycles. The molecule has 0 atom stereocenters. The van der Waals surface area contributed by atoms with Crippen LogP contribution in [-0.2, 0) is 0 Å². The van der Waals surface area contributed by atoms with Gasteiger partial charge in [0, 0.05) is 21.8 Å². The summed E-state index contributed by atoms with van der Waals surface area (Å²) >= 11 is 0. The summed E-state index contributed by atoms with van der Waals surface area (Å²) < 4.78 is 0. The Balaban J connectivity index is 2.48. The van der Waals surface area contributed by atoms with Crippen molar-refractivity contribution in [2.24, 2.45) is 0 Å². The Morgan fingerprint density at radius 2 is 1.00 bits per heavy atom. The third-order valence-electron chi connectivity index (χ3n) is 3.59. The number of para-hydroxylation sites is 2. The molecule has 4 nitrogen and oxygen atoms in total. The SMILES string of the molecule is O=c1[nH]c2ccccc2c2c(=O)[nH]c3ccccc3c12. The highest BCUT2D eigenvalue weighted by Crippen LogP contribution is 2.23. The molecule has 0 aliphatic rings. The molecule has 0 aliphatic carbocycles. The summed E-state index contributed by atoms with van der Waals surface area (Å²) in [6.07, 6.45) is 0. The molecule has 0 saturated heterocycles. The second-order valence-corrected chi connectivity index (χ2v) is 4.75. The van der Waals surface area contributed by atoms with Crippen LogP contribution < -0.4 is 11.1 Å². The van der Waals surface area contributed by atoms with E-state index >= 15 is 0 Å². The van der Waals surface area contributed by atoms with Gasteiger partial charge in [-0.3, -0.25) is 9.59 Å². The number of aromatic amines is 2. The second kappa shape index (κ2) is 3.81. The van der Waals surface area contributed by atoms with E-state index in [-0.39, 0.29) is 11.1 Å². The first kappa shape index (κ1) is 11.0. The van der Waals surface area contributed by atoms with E-state index < -0.39 is 0 Å². The summed E-state index contributed by atoms with van der Waals surface area (Å²) in [5.74, 6) is 0. The Morgan fingerprint density at radius 3 is 1.45 bits per heavy atom. The number of hydrogen-bond acceptors (Lipinski definition) is 2. The number of rotatable bonds is 0. The summed E-state index contributed by atoms with van der Waals surface area (Å²) in [6, 6.07) is 14.7. The van der Waals surface area contributed by atoms with Crippen molar-refractivity contribution in [2.45, 2.75) is 0 Å². The Hall–Kier alpha value is -2.88. The topological polar surface area (TPSA) is 65.7 Å². The van der Waals surface area contributed by atoms with E-state index in [1.807, 2.05) is 36.4 Å². The average Bonchev–Trinajstić information content (AvgIpc) is 2.47. The van der Waals surface area contributed by atoms with Crippen LogP contribution in [-0.4, -0.2) is 9.97 Å². The molecule has 2 aromatic heterocycles. The summed E-state index contributed by atoms with van der Waals surface area (Å²) in [4.78, 5) is 30.4. The lowest BCUT2D eigenvalue weighted by atomic mass is 10.0. The van der Waals surface area contributed by atoms with Gasteiger partial charge < -0.3 is 9.97 Å². The van der Waals surface area contributed by atoms with Crippen LogP contribution in [0.15, 0.2) is 58.1 Å². The molecule has 0 radical (unpaired) electrons. The minimum atomic E-state index is -0.235. The molecule has 20 heavy (non-hydrogen) atoms. The Labute approximate surface area is 112 Å². The van der Waals surface area contributed by atoms with Gasteiger partial charge in [0.1, 0.15) is 0 Å². The fraction of sp³-hybridized carbons (Fsp3) is 0. The number of hydrogen-bond donors (Lipinski definition) is 2. The van der Waals surface area contributed by atoms with E-state index in [0.29, 0.717) is 21.8 Å². The fourth-order valence-corrected chi connectivity index (χ4v) is 2.73. The molecule has 4 rings (SSSR count). The molecule has 2 aromatic carbocycles. The Morgan fingerprint density at radius 1 is 0.600 bits per heavy atom. The number of H-pyrrole nitrogens is 2. The molecule has 2 heterocycles. The van der Waals surface area contributed by atoms with Gasteiger partial charge in [0.2, 0.25) is 0 Å². The third-order valence-corrected chi connectivity index (χ3v) is 3.59. The Bertz CT molecular complexity index is 1000. The molecule has 0 unspecified atom stereocenters. The minimum absolute atomic E-state index is 0.235. The van der Waals surface area contributed by atoms with Crippen molar-refractivity contribution in [3.8, 4) is 0 Å². The maximum Gasteiger partial charge on any atom is 0.257 e. The normalized spacial score (nSPS) is 11.4. The predicted octanol–water partition coefficient (Wildman–Crippen LogP) is 2.52. The van der Waals surface area contributed by atoms with Gasteiger partial charge in [-0.1, -0.05) is 36.4 Å².